The van der Waals surface area contributed by atoms with Crippen LogP contribution in [0.15, 0.2) is 70.9 Å². The second kappa shape index (κ2) is 8.62. The lowest BCUT2D eigenvalue weighted by molar-refractivity contribution is -0.137. The third-order valence-electron chi connectivity index (χ3n) is 5.37. The summed E-state index contributed by atoms with van der Waals surface area (Å²) in [6, 6.07) is 10.2. The van der Waals surface area contributed by atoms with Crippen molar-refractivity contribution >= 4 is 23.1 Å². The topological polar surface area (TPSA) is 89.2 Å². The van der Waals surface area contributed by atoms with Crippen LogP contribution in [0.4, 0.5) is 18.9 Å². The Bertz CT molecular complexity index is 1260. The molecule has 2 aromatic carbocycles. The SMILES string of the molecule is COc1cccc(OC)c1/C(O)=C1\C(=O)C(=O)N(c2cccc(C(F)(F)F)c2)C1c1ccco1. The zero-order valence-electron chi connectivity index (χ0n) is 17.9. The normalized spacial score (nSPS) is 17.8. The molecule has 0 bridgehead atoms. The standard InChI is InChI=1S/C24H18F3NO6/c1-32-15-8-4-9-16(33-2)18(15)21(29)19-20(17-10-5-11-34-17)28(23(31)22(19)30)14-7-3-6-13(12-14)24(25,26)27/h3-12,20,29H,1-2H3/b21-19+. The number of anilines is 1. The molecule has 1 fully saturated rings. The number of hydrogen-bond donors (Lipinski definition) is 1. The predicted octanol–water partition coefficient (Wildman–Crippen LogP) is 4.94. The number of benzene rings is 2. The molecule has 1 saturated heterocycles. The van der Waals surface area contributed by atoms with Crippen molar-refractivity contribution in [3.8, 4) is 11.5 Å². The summed E-state index contributed by atoms with van der Waals surface area (Å²) in [5.41, 5.74) is -1.58. The Hall–Kier alpha value is -4.21. The third kappa shape index (κ3) is 3.76. The van der Waals surface area contributed by atoms with E-state index < -0.39 is 35.2 Å². The smallest absolute Gasteiger partial charge is 0.416 e. The maximum atomic E-state index is 13.3. The van der Waals surface area contributed by atoms with Gasteiger partial charge in [0.05, 0.1) is 31.6 Å². The molecule has 10 heteroatoms. The van der Waals surface area contributed by atoms with Gasteiger partial charge in [-0.15, -0.1) is 0 Å². The number of Topliss-reactive ketones (excluding diaryl/α,β-unsaturated/α-hetero) is 1. The Morgan fingerprint density at radius 1 is 1.00 bits per heavy atom. The van der Waals surface area contributed by atoms with Crippen molar-refractivity contribution in [3.05, 3.63) is 83.3 Å². The first-order valence-electron chi connectivity index (χ1n) is 9.92. The lowest BCUT2D eigenvalue weighted by Gasteiger charge is -2.24. The highest BCUT2D eigenvalue weighted by Crippen LogP contribution is 2.45. The summed E-state index contributed by atoms with van der Waals surface area (Å²) in [4.78, 5) is 27.1. The molecule has 7 nitrogen and oxygen atoms in total. The first-order chi connectivity index (χ1) is 16.2. The summed E-state index contributed by atoms with van der Waals surface area (Å²) < 4.78 is 56.0. The Morgan fingerprint density at radius 3 is 2.21 bits per heavy atom. The van der Waals surface area contributed by atoms with Gasteiger partial charge in [0, 0.05) is 5.69 Å². The highest BCUT2D eigenvalue weighted by atomic mass is 19.4. The summed E-state index contributed by atoms with van der Waals surface area (Å²) in [7, 11) is 2.69. The molecular formula is C24H18F3NO6. The number of carbonyl (C=O) groups is 2. The van der Waals surface area contributed by atoms with Gasteiger partial charge in [-0.2, -0.15) is 13.2 Å². The van der Waals surface area contributed by atoms with Crippen molar-refractivity contribution in [1.82, 2.24) is 0 Å². The molecule has 0 aliphatic carbocycles. The molecule has 3 aromatic rings. The molecule has 4 rings (SSSR count). The monoisotopic (exact) mass is 473 g/mol. The molecule has 0 radical (unpaired) electrons. The number of furan rings is 1. The number of rotatable bonds is 5. The molecule has 1 aliphatic rings. The molecule has 1 unspecified atom stereocenters. The van der Waals surface area contributed by atoms with Gasteiger partial charge < -0.3 is 19.0 Å². The predicted molar refractivity (Wildman–Crippen MR) is 114 cm³/mol. The van der Waals surface area contributed by atoms with Gasteiger partial charge in [0.15, 0.2) is 0 Å². The number of amides is 1. The molecule has 176 valence electrons. The zero-order chi connectivity index (χ0) is 24.6. The van der Waals surface area contributed by atoms with Crippen molar-refractivity contribution in [2.45, 2.75) is 12.2 Å². The Morgan fingerprint density at radius 2 is 1.65 bits per heavy atom. The lowest BCUT2D eigenvalue weighted by atomic mass is 9.98. The summed E-state index contributed by atoms with van der Waals surface area (Å²) in [6.45, 7) is 0. The maximum absolute atomic E-state index is 13.3. The number of methoxy groups -OCH3 is 2. The summed E-state index contributed by atoms with van der Waals surface area (Å²) in [6.07, 6.45) is -3.39. The number of aliphatic hydroxyl groups is 1. The van der Waals surface area contributed by atoms with Crippen LogP contribution in [-0.2, 0) is 15.8 Å². The first-order valence-corrected chi connectivity index (χ1v) is 9.92. The van der Waals surface area contributed by atoms with Crippen LogP contribution < -0.4 is 14.4 Å². The number of alkyl halides is 3. The number of carbonyl (C=O) groups excluding carboxylic acids is 2. The Balaban J connectivity index is 1.98. The van der Waals surface area contributed by atoms with Gasteiger partial charge in [-0.1, -0.05) is 12.1 Å². The van der Waals surface area contributed by atoms with Crippen molar-refractivity contribution < 1.29 is 41.8 Å². The molecule has 0 spiro atoms. The average molecular weight is 473 g/mol. The largest absolute Gasteiger partial charge is 0.506 e. The Kier molecular flexibility index (Phi) is 5.82. The summed E-state index contributed by atoms with van der Waals surface area (Å²) in [5, 5.41) is 11.2. The second-order valence-corrected chi connectivity index (χ2v) is 7.27. The third-order valence-corrected chi connectivity index (χ3v) is 5.37. The highest BCUT2D eigenvalue weighted by molar-refractivity contribution is 6.51. The molecular weight excluding hydrogens is 455 g/mol. The minimum atomic E-state index is -4.67. The van der Waals surface area contributed by atoms with Gasteiger partial charge in [0.1, 0.15) is 34.6 Å². The number of halogens is 3. The van der Waals surface area contributed by atoms with Crippen LogP contribution in [0.5, 0.6) is 11.5 Å². The molecule has 1 aromatic heterocycles. The highest BCUT2D eigenvalue weighted by Gasteiger charge is 2.49. The van der Waals surface area contributed by atoms with Crippen LogP contribution in [0.25, 0.3) is 5.76 Å². The van der Waals surface area contributed by atoms with Crippen LogP contribution in [0.1, 0.15) is 22.9 Å². The number of ether oxygens (including phenoxy) is 2. The lowest BCUT2D eigenvalue weighted by Crippen LogP contribution is -2.29. The number of ketones is 1. The number of nitrogens with zero attached hydrogens (tertiary/aromatic N) is 1. The molecule has 1 atom stereocenters. The Labute approximate surface area is 191 Å². The fourth-order valence-electron chi connectivity index (χ4n) is 3.87. The van der Waals surface area contributed by atoms with Crippen LogP contribution in [-0.4, -0.2) is 31.0 Å². The van der Waals surface area contributed by atoms with Crippen LogP contribution in [0.2, 0.25) is 0 Å². The van der Waals surface area contributed by atoms with Gasteiger partial charge in [-0.25, -0.2) is 0 Å². The maximum Gasteiger partial charge on any atom is 0.416 e. The van der Waals surface area contributed by atoms with E-state index in [9.17, 15) is 27.9 Å². The van der Waals surface area contributed by atoms with Crippen LogP contribution in [0, 0.1) is 0 Å². The van der Waals surface area contributed by atoms with Crippen molar-refractivity contribution in [1.29, 1.82) is 0 Å². The van der Waals surface area contributed by atoms with Gasteiger partial charge in [0.2, 0.25) is 0 Å². The zero-order valence-corrected chi connectivity index (χ0v) is 17.9. The van der Waals surface area contributed by atoms with E-state index in [2.05, 4.69) is 0 Å². The molecule has 1 amide bonds. The van der Waals surface area contributed by atoms with E-state index >= 15 is 0 Å². The van der Waals surface area contributed by atoms with Crippen molar-refractivity contribution in [2.75, 3.05) is 19.1 Å². The van der Waals surface area contributed by atoms with Gasteiger partial charge >= 0.3 is 6.18 Å². The molecule has 0 saturated carbocycles. The minimum absolute atomic E-state index is 0.00565. The summed E-state index contributed by atoms with van der Waals surface area (Å²) >= 11 is 0. The number of hydrogen-bond acceptors (Lipinski definition) is 6. The van der Waals surface area contributed by atoms with Gasteiger partial charge in [0.25, 0.3) is 11.7 Å². The van der Waals surface area contributed by atoms with Crippen LogP contribution >= 0.6 is 0 Å². The molecule has 2 heterocycles. The van der Waals surface area contributed by atoms with E-state index in [4.69, 9.17) is 13.9 Å². The van der Waals surface area contributed by atoms with Gasteiger partial charge in [-0.05, 0) is 42.5 Å². The van der Waals surface area contributed by atoms with E-state index in [0.29, 0.717) is 0 Å². The van der Waals surface area contributed by atoms with E-state index in [1.807, 2.05) is 0 Å². The van der Waals surface area contributed by atoms with E-state index in [1.165, 1.54) is 50.8 Å². The second-order valence-electron chi connectivity index (χ2n) is 7.27. The first kappa shape index (κ1) is 23.0. The van der Waals surface area contributed by atoms with Crippen molar-refractivity contribution in [3.63, 3.8) is 0 Å². The summed E-state index contributed by atoms with van der Waals surface area (Å²) in [5.74, 6) is -2.49. The van der Waals surface area contributed by atoms with Crippen LogP contribution in [0.3, 0.4) is 0 Å². The van der Waals surface area contributed by atoms with E-state index in [0.717, 1.165) is 23.1 Å². The minimum Gasteiger partial charge on any atom is -0.506 e. The fraction of sp³-hybridized carbons (Fsp3) is 0.167. The number of aliphatic hydroxyl groups excluding tert-OH is 1. The molecule has 34 heavy (non-hydrogen) atoms. The van der Waals surface area contributed by atoms with E-state index in [-0.39, 0.29) is 34.1 Å². The van der Waals surface area contributed by atoms with E-state index in [1.54, 1.807) is 6.07 Å². The molecule has 1 N–H and O–H groups in total. The fourth-order valence-corrected chi connectivity index (χ4v) is 3.87. The van der Waals surface area contributed by atoms with Gasteiger partial charge in [-0.3, -0.25) is 14.5 Å². The quantitative estimate of drug-likeness (QED) is 0.321. The van der Waals surface area contributed by atoms with Crippen molar-refractivity contribution in [2.24, 2.45) is 0 Å². The average Bonchev–Trinajstić information content (AvgIpc) is 3.44. The molecule has 1 aliphatic heterocycles.